The van der Waals surface area contributed by atoms with Crippen LogP contribution in [0.25, 0.3) is 0 Å². The number of carbonyl (C=O) groups is 3. The molecular weight excluding hydrogens is 390 g/mol. The van der Waals surface area contributed by atoms with E-state index < -0.39 is 0 Å². The van der Waals surface area contributed by atoms with E-state index in [-0.39, 0.29) is 29.6 Å². The standard InChI is InChI=1S/C25H29N3O3/c1-27(24(30)20-11-12-20)22-10-6-5-9-21(22)25(31)28-15-13-19(14-16-28)23(29)26-17-18-7-3-2-4-8-18/h2-10,19-20H,11-17H2,1H3,(H,26,29). The molecule has 1 aliphatic heterocycles. The van der Waals surface area contributed by atoms with E-state index in [4.69, 9.17) is 0 Å². The van der Waals surface area contributed by atoms with Crippen molar-refractivity contribution in [2.24, 2.45) is 11.8 Å². The summed E-state index contributed by atoms with van der Waals surface area (Å²) in [5.74, 6) is 0.0646. The molecule has 1 saturated carbocycles. The van der Waals surface area contributed by atoms with Gasteiger partial charge in [0.15, 0.2) is 0 Å². The number of amides is 3. The Hall–Kier alpha value is -3.15. The number of anilines is 1. The maximum Gasteiger partial charge on any atom is 0.255 e. The van der Waals surface area contributed by atoms with Gasteiger partial charge in [0.2, 0.25) is 11.8 Å². The van der Waals surface area contributed by atoms with Crippen molar-refractivity contribution in [3.63, 3.8) is 0 Å². The maximum absolute atomic E-state index is 13.2. The molecule has 6 nitrogen and oxygen atoms in total. The monoisotopic (exact) mass is 419 g/mol. The van der Waals surface area contributed by atoms with Crippen molar-refractivity contribution in [1.29, 1.82) is 0 Å². The molecule has 2 fully saturated rings. The molecule has 31 heavy (non-hydrogen) atoms. The molecule has 1 N–H and O–H groups in total. The summed E-state index contributed by atoms with van der Waals surface area (Å²) in [6, 6.07) is 17.1. The van der Waals surface area contributed by atoms with Gasteiger partial charge in [-0.15, -0.1) is 0 Å². The average Bonchev–Trinajstić information content (AvgIpc) is 3.67. The molecule has 3 amide bonds. The molecule has 0 aromatic heterocycles. The van der Waals surface area contributed by atoms with Crippen LogP contribution in [0.3, 0.4) is 0 Å². The Kier molecular flexibility index (Phi) is 6.35. The number of hydrogen-bond donors (Lipinski definition) is 1. The van der Waals surface area contributed by atoms with Crippen molar-refractivity contribution in [2.75, 3.05) is 25.0 Å². The number of benzene rings is 2. The van der Waals surface area contributed by atoms with Crippen LogP contribution in [0.2, 0.25) is 0 Å². The Labute approximate surface area is 183 Å². The van der Waals surface area contributed by atoms with Crippen LogP contribution in [0.5, 0.6) is 0 Å². The van der Waals surface area contributed by atoms with E-state index >= 15 is 0 Å². The number of para-hydroxylation sites is 1. The van der Waals surface area contributed by atoms with Crippen molar-refractivity contribution in [3.05, 3.63) is 65.7 Å². The third-order valence-electron chi connectivity index (χ3n) is 6.22. The zero-order chi connectivity index (χ0) is 21.8. The first kappa shape index (κ1) is 21.1. The summed E-state index contributed by atoms with van der Waals surface area (Å²) in [6.07, 6.45) is 3.15. The fourth-order valence-electron chi connectivity index (χ4n) is 4.11. The molecule has 1 saturated heterocycles. The molecule has 162 valence electrons. The second kappa shape index (κ2) is 9.33. The van der Waals surface area contributed by atoms with Gasteiger partial charge < -0.3 is 15.1 Å². The van der Waals surface area contributed by atoms with Gasteiger partial charge in [0.1, 0.15) is 0 Å². The number of piperidine rings is 1. The van der Waals surface area contributed by atoms with Gasteiger partial charge >= 0.3 is 0 Å². The van der Waals surface area contributed by atoms with Crippen LogP contribution in [-0.2, 0) is 16.1 Å². The lowest BCUT2D eigenvalue weighted by atomic mass is 9.95. The molecule has 1 aliphatic carbocycles. The normalized spacial score (nSPS) is 16.6. The predicted molar refractivity (Wildman–Crippen MR) is 119 cm³/mol. The van der Waals surface area contributed by atoms with E-state index in [0.29, 0.717) is 43.7 Å². The second-order valence-electron chi connectivity index (χ2n) is 8.46. The predicted octanol–water partition coefficient (Wildman–Crippen LogP) is 3.23. The number of likely N-dealkylation sites (tertiary alicyclic amines) is 1. The number of rotatable bonds is 6. The molecular formula is C25H29N3O3. The fraction of sp³-hybridized carbons (Fsp3) is 0.400. The third kappa shape index (κ3) is 4.95. The first-order valence-electron chi connectivity index (χ1n) is 11.0. The summed E-state index contributed by atoms with van der Waals surface area (Å²) in [5.41, 5.74) is 2.28. The van der Waals surface area contributed by atoms with Gasteiger partial charge in [0.05, 0.1) is 11.3 Å². The van der Waals surface area contributed by atoms with Crippen molar-refractivity contribution < 1.29 is 14.4 Å². The minimum absolute atomic E-state index is 0.0473. The quantitative estimate of drug-likeness (QED) is 0.782. The molecule has 0 spiro atoms. The Morgan fingerprint density at radius 1 is 0.903 bits per heavy atom. The highest BCUT2D eigenvalue weighted by Crippen LogP contribution is 2.33. The Morgan fingerprint density at radius 3 is 2.23 bits per heavy atom. The first-order valence-corrected chi connectivity index (χ1v) is 11.0. The van der Waals surface area contributed by atoms with Crippen LogP contribution in [0.15, 0.2) is 54.6 Å². The summed E-state index contributed by atoms with van der Waals surface area (Å²) >= 11 is 0. The van der Waals surface area contributed by atoms with Crippen molar-refractivity contribution >= 4 is 23.4 Å². The van der Waals surface area contributed by atoms with Crippen molar-refractivity contribution in [3.8, 4) is 0 Å². The Morgan fingerprint density at radius 2 is 1.55 bits per heavy atom. The maximum atomic E-state index is 13.2. The minimum atomic E-state index is -0.0814. The van der Waals surface area contributed by atoms with E-state index in [0.717, 1.165) is 18.4 Å². The molecule has 0 bridgehead atoms. The summed E-state index contributed by atoms with van der Waals surface area (Å²) in [6.45, 7) is 1.60. The Balaban J connectivity index is 1.34. The van der Waals surface area contributed by atoms with Crippen LogP contribution in [0.1, 0.15) is 41.6 Å². The Bertz CT molecular complexity index is 947. The smallest absolute Gasteiger partial charge is 0.255 e. The van der Waals surface area contributed by atoms with E-state index in [9.17, 15) is 14.4 Å². The molecule has 1 heterocycles. The van der Waals surface area contributed by atoms with Crippen LogP contribution < -0.4 is 10.2 Å². The van der Waals surface area contributed by atoms with Crippen LogP contribution >= 0.6 is 0 Å². The second-order valence-corrected chi connectivity index (χ2v) is 8.46. The van der Waals surface area contributed by atoms with Gasteiger partial charge in [-0.3, -0.25) is 14.4 Å². The van der Waals surface area contributed by atoms with Gasteiger partial charge in [-0.2, -0.15) is 0 Å². The molecule has 2 aromatic rings. The van der Waals surface area contributed by atoms with Gasteiger partial charge in [-0.25, -0.2) is 0 Å². The third-order valence-corrected chi connectivity index (χ3v) is 6.22. The van der Waals surface area contributed by atoms with E-state index in [2.05, 4.69) is 5.32 Å². The molecule has 0 radical (unpaired) electrons. The van der Waals surface area contributed by atoms with E-state index in [1.54, 1.807) is 22.9 Å². The van der Waals surface area contributed by atoms with Crippen molar-refractivity contribution in [1.82, 2.24) is 10.2 Å². The summed E-state index contributed by atoms with van der Waals surface area (Å²) in [5, 5.41) is 3.01. The number of carbonyl (C=O) groups excluding carboxylic acids is 3. The lowest BCUT2D eigenvalue weighted by molar-refractivity contribution is -0.126. The highest BCUT2D eigenvalue weighted by atomic mass is 16.2. The van der Waals surface area contributed by atoms with Gasteiger partial charge in [0.25, 0.3) is 5.91 Å². The zero-order valence-corrected chi connectivity index (χ0v) is 17.9. The summed E-state index contributed by atoms with van der Waals surface area (Å²) < 4.78 is 0. The van der Waals surface area contributed by atoms with Gasteiger partial charge in [-0.05, 0) is 43.4 Å². The average molecular weight is 420 g/mol. The number of nitrogens with one attached hydrogen (secondary N) is 1. The highest BCUT2D eigenvalue weighted by molar-refractivity contribution is 6.05. The number of hydrogen-bond acceptors (Lipinski definition) is 3. The largest absolute Gasteiger partial charge is 0.352 e. The van der Waals surface area contributed by atoms with E-state index in [1.807, 2.05) is 48.5 Å². The lowest BCUT2D eigenvalue weighted by Gasteiger charge is -2.32. The minimum Gasteiger partial charge on any atom is -0.352 e. The van der Waals surface area contributed by atoms with E-state index in [1.165, 1.54) is 0 Å². The topological polar surface area (TPSA) is 69.7 Å². The molecule has 0 atom stereocenters. The lowest BCUT2D eigenvalue weighted by Crippen LogP contribution is -2.43. The first-order chi connectivity index (χ1) is 15.0. The summed E-state index contributed by atoms with van der Waals surface area (Å²) in [4.78, 5) is 41.7. The van der Waals surface area contributed by atoms with Gasteiger partial charge in [-0.1, -0.05) is 42.5 Å². The van der Waals surface area contributed by atoms with Gasteiger partial charge in [0, 0.05) is 38.5 Å². The number of nitrogens with zero attached hydrogens (tertiary/aromatic N) is 2. The fourth-order valence-corrected chi connectivity index (χ4v) is 4.11. The zero-order valence-electron chi connectivity index (χ0n) is 17.9. The molecule has 6 heteroatoms. The van der Waals surface area contributed by atoms with Crippen LogP contribution in [-0.4, -0.2) is 42.8 Å². The van der Waals surface area contributed by atoms with Crippen LogP contribution in [0, 0.1) is 11.8 Å². The molecule has 0 unspecified atom stereocenters. The molecule has 2 aliphatic rings. The molecule has 4 rings (SSSR count). The summed E-state index contributed by atoms with van der Waals surface area (Å²) in [7, 11) is 1.75. The highest BCUT2D eigenvalue weighted by Gasteiger charge is 2.34. The SMILES string of the molecule is CN(C(=O)C1CC1)c1ccccc1C(=O)N1CCC(C(=O)NCc2ccccc2)CC1. The van der Waals surface area contributed by atoms with Crippen molar-refractivity contribution in [2.45, 2.75) is 32.2 Å². The van der Waals surface area contributed by atoms with Crippen LogP contribution in [0.4, 0.5) is 5.69 Å². The molecule has 2 aromatic carbocycles.